The van der Waals surface area contributed by atoms with Crippen molar-refractivity contribution in [3.05, 3.63) is 29.6 Å². The van der Waals surface area contributed by atoms with Crippen molar-refractivity contribution in [3.63, 3.8) is 0 Å². The fourth-order valence-corrected chi connectivity index (χ4v) is 1.45. The summed E-state index contributed by atoms with van der Waals surface area (Å²) in [7, 11) is 0. The highest BCUT2D eigenvalue weighted by Crippen LogP contribution is 2.24. The summed E-state index contributed by atoms with van der Waals surface area (Å²) in [5.41, 5.74) is 6.39. The Labute approximate surface area is 115 Å². The Morgan fingerprint density at radius 1 is 1.15 bits per heavy atom. The van der Waals surface area contributed by atoms with Crippen LogP contribution in [0.3, 0.4) is 0 Å². The van der Waals surface area contributed by atoms with Gasteiger partial charge >= 0.3 is 12.0 Å². The number of nitrogens with two attached hydrogens (primary N) is 1. The van der Waals surface area contributed by atoms with Crippen molar-refractivity contribution in [1.29, 1.82) is 0 Å². The Bertz CT molecular complexity index is 619. The number of rotatable bonds is 4. The number of nitrogen functional groups attached to an aromatic ring is 1. The molecule has 0 fully saturated rings. The highest BCUT2D eigenvalue weighted by molar-refractivity contribution is 5.32. The molecule has 0 radical (unpaired) electrons. The second-order valence-electron chi connectivity index (χ2n) is 4.46. The van der Waals surface area contributed by atoms with Gasteiger partial charge in [0.2, 0.25) is 5.95 Å². The summed E-state index contributed by atoms with van der Waals surface area (Å²) in [5, 5.41) is 0. The van der Waals surface area contributed by atoms with Crippen LogP contribution in [0.5, 0.6) is 17.8 Å². The Morgan fingerprint density at radius 2 is 1.85 bits per heavy atom. The van der Waals surface area contributed by atoms with Crippen LogP contribution in [0.15, 0.2) is 18.2 Å². The van der Waals surface area contributed by atoms with Gasteiger partial charge in [0.15, 0.2) is 11.6 Å². The van der Waals surface area contributed by atoms with Crippen LogP contribution in [0.1, 0.15) is 19.4 Å². The molecule has 7 heteroatoms. The number of anilines is 1. The van der Waals surface area contributed by atoms with Crippen molar-refractivity contribution in [1.82, 2.24) is 15.0 Å². The van der Waals surface area contributed by atoms with Gasteiger partial charge in [0.1, 0.15) is 0 Å². The van der Waals surface area contributed by atoms with E-state index in [0.29, 0.717) is 0 Å². The van der Waals surface area contributed by atoms with Crippen molar-refractivity contribution in [2.45, 2.75) is 26.9 Å². The van der Waals surface area contributed by atoms with E-state index in [-0.39, 0.29) is 29.8 Å². The van der Waals surface area contributed by atoms with E-state index in [1.54, 1.807) is 6.07 Å². The summed E-state index contributed by atoms with van der Waals surface area (Å²) in [5.74, 6) is -0.550. The molecule has 0 aliphatic rings. The fourth-order valence-electron chi connectivity index (χ4n) is 1.45. The van der Waals surface area contributed by atoms with Crippen LogP contribution < -0.4 is 15.2 Å². The van der Waals surface area contributed by atoms with Crippen LogP contribution in [0.25, 0.3) is 0 Å². The van der Waals surface area contributed by atoms with Crippen molar-refractivity contribution < 1.29 is 13.9 Å². The van der Waals surface area contributed by atoms with Crippen LogP contribution >= 0.6 is 0 Å². The summed E-state index contributed by atoms with van der Waals surface area (Å²) in [6.07, 6.45) is -0.125. The third kappa shape index (κ3) is 3.53. The second kappa shape index (κ2) is 5.68. The summed E-state index contributed by atoms with van der Waals surface area (Å²) < 4.78 is 24.2. The lowest BCUT2D eigenvalue weighted by Gasteiger charge is -2.10. The number of aryl methyl sites for hydroxylation is 1. The molecule has 2 N–H and O–H groups in total. The molecule has 6 nitrogen and oxygen atoms in total. The largest absolute Gasteiger partial charge is 0.461 e. The van der Waals surface area contributed by atoms with Gasteiger partial charge in [0, 0.05) is 0 Å². The lowest BCUT2D eigenvalue weighted by Crippen LogP contribution is -2.11. The van der Waals surface area contributed by atoms with E-state index in [4.69, 9.17) is 15.2 Å². The molecule has 0 saturated heterocycles. The van der Waals surface area contributed by atoms with Crippen molar-refractivity contribution in [2.75, 3.05) is 5.73 Å². The zero-order valence-corrected chi connectivity index (χ0v) is 11.4. The van der Waals surface area contributed by atoms with E-state index in [1.807, 2.05) is 20.8 Å². The number of hydrogen-bond acceptors (Lipinski definition) is 6. The van der Waals surface area contributed by atoms with Gasteiger partial charge < -0.3 is 15.2 Å². The summed E-state index contributed by atoms with van der Waals surface area (Å²) >= 11 is 0. The quantitative estimate of drug-likeness (QED) is 0.925. The maximum Gasteiger partial charge on any atom is 0.330 e. The Hall–Kier alpha value is -2.44. The van der Waals surface area contributed by atoms with Gasteiger partial charge in [-0.3, -0.25) is 0 Å². The second-order valence-corrected chi connectivity index (χ2v) is 4.46. The standard InChI is InChI=1S/C13H15FN4O2/c1-7(2)19-12-16-11(15)17-13(18-12)20-10-6-8(3)4-5-9(10)14/h4-7H,1-3H3,(H2,15,16,17,18). The van der Waals surface area contributed by atoms with Gasteiger partial charge in [-0.1, -0.05) is 6.07 Å². The summed E-state index contributed by atoms with van der Waals surface area (Å²) in [6, 6.07) is 4.41. The molecule has 2 aromatic rings. The third-order valence-corrected chi connectivity index (χ3v) is 2.24. The Kier molecular flexibility index (Phi) is 3.97. The normalized spacial score (nSPS) is 10.7. The number of nitrogens with zero attached hydrogens (tertiary/aromatic N) is 3. The minimum absolute atomic E-state index is 0.0195. The third-order valence-electron chi connectivity index (χ3n) is 2.24. The summed E-state index contributed by atoms with van der Waals surface area (Å²) in [4.78, 5) is 11.5. The van der Waals surface area contributed by atoms with Crippen LogP contribution in [-0.2, 0) is 0 Å². The SMILES string of the molecule is Cc1ccc(F)c(Oc2nc(N)nc(OC(C)C)n2)c1. The lowest BCUT2D eigenvalue weighted by molar-refractivity contribution is 0.218. The first kappa shape index (κ1) is 14.0. The molecule has 0 bridgehead atoms. The average Bonchev–Trinajstić information content (AvgIpc) is 2.32. The van der Waals surface area contributed by atoms with Crippen molar-refractivity contribution in [2.24, 2.45) is 0 Å². The predicted octanol–water partition coefficient (Wildman–Crippen LogP) is 2.48. The van der Waals surface area contributed by atoms with E-state index in [0.717, 1.165) is 5.56 Å². The molecule has 0 saturated carbocycles. The van der Waals surface area contributed by atoms with Crippen LogP contribution in [0, 0.1) is 12.7 Å². The molecule has 0 aliphatic heterocycles. The van der Waals surface area contributed by atoms with Gasteiger partial charge in [-0.05, 0) is 38.5 Å². The van der Waals surface area contributed by atoms with E-state index in [9.17, 15) is 4.39 Å². The maximum absolute atomic E-state index is 13.6. The van der Waals surface area contributed by atoms with Gasteiger partial charge in [0.05, 0.1) is 6.10 Å². The number of ether oxygens (including phenoxy) is 2. The van der Waals surface area contributed by atoms with Gasteiger partial charge in [-0.15, -0.1) is 4.98 Å². The molecular formula is C13H15FN4O2. The molecule has 0 aliphatic carbocycles. The first-order valence-electron chi connectivity index (χ1n) is 6.06. The van der Waals surface area contributed by atoms with Crippen LogP contribution in [-0.4, -0.2) is 21.1 Å². The first-order valence-corrected chi connectivity index (χ1v) is 6.06. The maximum atomic E-state index is 13.6. The molecule has 20 heavy (non-hydrogen) atoms. The Morgan fingerprint density at radius 3 is 2.55 bits per heavy atom. The van der Waals surface area contributed by atoms with Crippen molar-refractivity contribution in [3.8, 4) is 17.8 Å². The predicted molar refractivity (Wildman–Crippen MR) is 71.2 cm³/mol. The smallest absolute Gasteiger partial charge is 0.330 e. The minimum Gasteiger partial charge on any atom is -0.461 e. The number of aromatic nitrogens is 3. The lowest BCUT2D eigenvalue weighted by atomic mass is 10.2. The molecular weight excluding hydrogens is 263 g/mol. The fraction of sp³-hybridized carbons (Fsp3) is 0.308. The highest BCUT2D eigenvalue weighted by Gasteiger charge is 2.11. The minimum atomic E-state index is -0.513. The average molecular weight is 278 g/mol. The van der Waals surface area contributed by atoms with Gasteiger partial charge in [0.25, 0.3) is 0 Å². The molecule has 2 rings (SSSR count). The number of halogens is 1. The molecule has 1 heterocycles. The number of hydrogen-bond donors (Lipinski definition) is 1. The first-order chi connectivity index (χ1) is 9.44. The molecule has 0 atom stereocenters. The molecule has 1 aromatic carbocycles. The van der Waals surface area contributed by atoms with Gasteiger partial charge in [-0.25, -0.2) is 4.39 Å². The number of benzene rings is 1. The topological polar surface area (TPSA) is 83.2 Å². The highest BCUT2D eigenvalue weighted by atomic mass is 19.1. The van der Waals surface area contributed by atoms with E-state index >= 15 is 0 Å². The zero-order chi connectivity index (χ0) is 14.7. The Balaban J connectivity index is 2.28. The van der Waals surface area contributed by atoms with E-state index < -0.39 is 5.82 Å². The molecule has 106 valence electrons. The molecule has 0 unspecified atom stereocenters. The monoisotopic (exact) mass is 278 g/mol. The molecule has 1 aromatic heterocycles. The zero-order valence-electron chi connectivity index (χ0n) is 11.4. The van der Waals surface area contributed by atoms with Crippen LogP contribution in [0.2, 0.25) is 0 Å². The summed E-state index contributed by atoms with van der Waals surface area (Å²) in [6.45, 7) is 5.46. The van der Waals surface area contributed by atoms with Crippen molar-refractivity contribution >= 4 is 5.95 Å². The molecule has 0 amide bonds. The van der Waals surface area contributed by atoms with E-state index in [1.165, 1.54) is 12.1 Å². The van der Waals surface area contributed by atoms with Gasteiger partial charge in [-0.2, -0.15) is 9.97 Å². The van der Waals surface area contributed by atoms with E-state index in [2.05, 4.69) is 15.0 Å². The van der Waals surface area contributed by atoms with Crippen LogP contribution in [0.4, 0.5) is 10.3 Å². The molecule has 0 spiro atoms.